The third-order valence-corrected chi connectivity index (χ3v) is 2.60. The minimum Gasteiger partial charge on any atom is -0.504 e. The van der Waals surface area contributed by atoms with E-state index in [-0.39, 0.29) is 0 Å². The molecule has 6 nitrogen and oxygen atoms in total. The Morgan fingerprint density at radius 1 is 1.24 bits per heavy atom. The monoisotopic (exact) mass is 308 g/mol. The van der Waals surface area contributed by atoms with Gasteiger partial charge in [-0.05, 0) is 6.07 Å². The Labute approximate surface area is 116 Å². The maximum absolute atomic E-state index is 13.0. The molecule has 1 rings (SSSR count). The summed E-state index contributed by atoms with van der Waals surface area (Å²) >= 11 is 0. The van der Waals surface area contributed by atoms with Crippen LogP contribution >= 0.6 is 0 Å². The summed E-state index contributed by atoms with van der Waals surface area (Å²) in [5.74, 6) is -4.40. The van der Waals surface area contributed by atoms with Crippen molar-refractivity contribution in [2.75, 3.05) is 20.8 Å². The third kappa shape index (κ3) is 3.07. The Morgan fingerprint density at radius 3 is 2.19 bits per heavy atom. The molecule has 0 atom stereocenters. The van der Waals surface area contributed by atoms with Crippen molar-refractivity contribution in [2.45, 2.75) is 6.18 Å². The van der Waals surface area contributed by atoms with Gasteiger partial charge in [0.05, 0.1) is 30.9 Å². The van der Waals surface area contributed by atoms with Crippen molar-refractivity contribution >= 4 is 11.8 Å². The number of alkyl halides is 3. The lowest BCUT2D eigenvalue weighted by Gasteiger charge is -2.17. The topological polar surface area (TPSA) is 93.1 Å². The highest BCUT2D eigenvalue weighted by Crippen LogP contribution is 2.42. The molecule has 1 aromatic carbocycles. The summed E-state index contributed by atoms with van der Waals surface area (Å²) in [6, 6.07) is 0.371. The quantitative estimate of drug-likeness (QED) is 0.645. The number of ketones is 1. The molecule has 9 heteroatoms. The van der Waals surface area contributed by atoms with Crippen molar-refractivity contribution in [1.29, 1.82) is 0 Å². The number of aromatic hydroxyl groups is 1. The molecule has 0 aliphatic heterocycles. The average Bonchev–Trinajstić information content (AvgIpc) is 2.43. The number of esters is 1. The molecular weight excluding hydrogens is 297 g/mol. The van der Waals surface area contributed by atoms with E-state index in [1.165, 1.54) is 0 Å². The van der Waals surface area contributed by atoms with Gasteiger partial charge in [0.25, 0.3) is 0 Å². The normalized spacial score (nSPS) is 11.1. The number of aliphatic hydroxyl groups is 1. The number of ether oxygens (including phenoxy) is 2. The van der Waals surface area contributed by atoms with Crippen molar-refractivity contribution in [1.82, 2.24) is 0 Å². The molecule has 21 heavy (non-hydrogen) atoms. The van der Waals surface area contributed by atoms with Gasteiger partial charge >= 0.3 is 12.1 Å². The second kappa shape index (κ2) is 6.00. The van der Waals surface area contributed by atoms with Gasteiger partial charge < -0.3 is 19.7 Å². The molecule has 1 aromatic rings. The molecule has 0 aromatic heterocycles. The van der Waals surface area contributed by atoms with E-state index in [0.717, 1.165) is 14.2 Å². The van der Waals surface area contributed by atoms with Gasteiger partial charge in [0.2, 0.25) is 0 Å². The highest BCUT2D eigenvalue weighted by molar-refractivity contribution is 6.10. The van der Waals surface area contributed by atoms with Crippen LogP contribution in [0.15, 0.2) is 6.07 Å². The fraction of sp³-hybridized carbons (Fsp3) is 0.333. The molecule has 0 unspecified atom stereocenters. The fourth-order valence-corrected chi connectivity index (χ4v) is 1.69. The average molecular weight is 308 g/mol. The van der Waals surface area contributed by atoms with Crippen LogP contribution in [0.4, 0.5) is 13.2 Å². The predicted molar refractivity (Wildman–Crippen MR) is 62.4 cm³/mol. The number of methoxy groups -OCH3 is 2. The number of carbonyl (C=O) groups excluding carboxylic acids is 2. The lowest BCUT2D eigenvalue weighted by molar-refractivity contribution is -0.138. The van der Waals surface area contributed by atoms with Gasteiger partial charge in [-0.25, -0.2) is 4.79 Å². The molecule has 0 fully saturated rings. The van der Waals surface area contributed by atoms with E-state index in [4.69, 9.17) is 5.11 Å². The van der Waals surface area contributed by atoms with E-state index in [0.29, 0.717) is 6.07 Å². The number of halogens is 3. The fourth-order valence-electron chi connectivity index (χ4n) is 1.69. The predicted octanol–water partition coefficient (Wildman–Crippen LogP) is 1.38. The van der Waals surface area contributed by atoms with Gasteiger partial charge in [-0.1, -0.05) is 0 Å². The van der Waals surface area contributed by atoms with Gasteiger partial charge in [-0.15, -0.1) is 0 Å². The number of hydrogen-bond acceptors (Lipinski definition) is 6. The summed E-state index contributed by atoms with van der Waals surface area (Å²) in [6.45, 7) is -1.21. The van der Waals surface area contributed by atoms with E-state index < -0.39 is 52.7 Å². The number of carbonyl (C=O) groups is 2. The van der Waals surface area contributed by atoms with Crippen LogP contribution in [0.5, 0.6) is 11.5 Å². The lowest BCUT2D eigenvalue weighted by Crippen LogP contribution is -2.20. The van der Waals surface area contributed by atoms with Crippen LogP contribution in [-0.4, -0.2) is 42.8 Å². The summed E-state index contributed by atoms with van der Waals surface area (Å²) < 4.78 is 47.8. The van der Waals surface area contributed by atoms with Crippen LogP contribution in [0.3, 0.4) is 0 Å². The number of phenols is 1. The van der Waals surface area contributed by atoms with Gasteiger partial charge in [-0.2, -0.15) is 13.2 Å². The zero-order valence-corrected chi connectivity index (χ0v) is 10.9. The number of aliphatic hydroxyl groups excluding tert-OH is 1. The molecule has 0 saturated carbocycles. The molecule has 0 aliphatic carbocycles. The van der Waals surface area contributed by atoms with Crippen LogP contribution in [0.25, 0.3) is 0 Å². The first-order chi connectivity index (χ1) is 9.68. The smallest absolute Gasteiger partial charge is 0.417 e. The van der Waals surface area contributed by atoms with Gasteiger partial charge in [0.1, 0.15) is 6.61 Å². The molecule has 0 aliphatic rings. The number of hydrogen-bond donors (Lipinski definition) is 2. The summed E-state index contributed by atoms with van der Waals surface area (Å²) in [5, 5.41) is 18.6. The molecule has 0 amide bonds. The minimum atomic E-state index is -5.00. The first kappa shape index (κ1) is 16.8. The number of rotatable bonds is 4. The molecule has 2 N–H and O–H groups in total. The molecular formula is C12H11F3O6. The molecule has 0 heterocycles. The van der Waals surface area contributed by atoms with Crippen molar-refractivity contribution in [3.8, 4) is 11.5 Å². The van der Waals surface area contributed by atoms with Crippen molar-refractivity contribution in [3.05, 3.63) is 22.8 Å². The molecule has 0 saturated heterocycles. The first-order valence-corrected chi connectivity index (χ1v) is 5.42. The van der Waals surface area contributed by atoms with Crippen LogP contribution in [0.1, 0.15) is 26.3 Å². The molecule has 0 radical (unpaired) electrons. The first-order valence-electron chi connectivity index (χ1n) is 5.42. The number of Topliss-reactive ketones (excluding diaryl/α,β-unsaturated/α-hetero) is 1. The van der Waals surface area contributed by atoms with E-state index in [9.17, 15) is 27.9 Å². The van der Waals surface area contributed by atoms with Crippen LogP contribution in [-0.2, 0) is 10.9 Å². The zero-order chi connectivity index (χ0) is 16.4. The molecule has 0 bridgehead atoms. The third-order valence-electron chi connectivity index (χ3n) is 2.60. The second-order valence-corrected chi connectivity index (χ2v) is 3.80. The van der Waals surface area contributed by atoms with Gasteiger partial charge in [-0.3, -0.25) is 4.79 Å². The Morgan fingerprint density at radius 2 is 1.81 bits per heavy atom. The highest BCUT2D eigenvalue weighted by atomic mass is 19.4. The lowest BCUT2D eigenvalue weighted by atomic mass is 9.95. The van der Waals surface area contributed by atoms with Crippen LogP contribution in [0.2, 0.25) is 0 Å². The van der Waals surface area contributed by atoms with Crippen molar-refractivity contribution in [2.24, 2.45) is 0 Å². The Balaban J connectivity index is 3.88. The van der Waals surface area contributed by atoms with Crippen molar-refractivity contribution in [3.63, 3.8) is 0 Å². The summed E-state index contributed by atoms with van der Waals surface area (Å²) in [5.41, 5.74) is -3.70. The van der Waals surface area contributed by atoms with E-state index in [1.54, 1.807) is 0 Å². The Kier molecular flexibility index (Phi) is 4.79. The number of phenolic OH excluding ortho intramolecular Hbond substituents is 1. The summed E-state index contributed by atoms with van der Waals surface area (Å²) in [6.07, 6.45) is -5.00. The van der Waals surface area contributed by atoms with E-state index >= 15 is 0 Å². The van der Waals surface area contributed by atoms with Crippen molar-refractivity contribution < 1.29 is 42.4 Å². The minimum absolute atomic E-state index is 0.371. The molecule has 0 spiro atoms. The maximum Gasteiger partial charge on any atom is 0.417 e. The largest absolute Gasteiger partial charge is 0.504 e. The maximum atomic E-state index is 13.0. The van der Waals surface area contributed by atoms with E-state index in [2.05, 4.69) is 9.47 Å². The summed E-state index contributed by atoms with van der Waals surface area (Å²) in [7, 11) is 1.79. The SMILES string of the molecule is COC(=O)c1c(C(F)(F)F)cc(OC)c(O)c1C(=O)CO. The van der Waals surface area contributed by atoms with Crippen LogP contribution in [0, 0.1) is 0 Å². The van der Waals surface area contributed by atoms with Crippen LogP contribution < -0.4 is 4.74 Å². The number of benzene rings is 1. The second-order valence-electron chi connectivity index (χ2n) is 3.80. The van der Waals surface area contributed by atoms with E-state index in [1.807, 2.05) is 0 Å². The Hall–Kier alpha value is -2.29. The molecule has 116 valence electrons. The van der Waals surface area contributed by atoms with Gasteiger partial charge in [0.15, 0.2) is 17.3 Å². The highest BCUT2D eigenvalue weighted by Gasteiger charge is 2.40. The summed E-state index contributed by atoms with van der Waals surface area (Å²) in [4.78, 5) is 23.1. The zero-order valence-electron chi connectivity index (χ0n) is 10.9. The Bertz CT molecular complexity index is 579. The standard InChI is InChI=1S/C12H11F3O6/c1-20-7-3-5(12(13,14)15)8(11(19)21-2)9(10(7)18)6(17)4-16/h3,16,18H,4H2,1-2H3. The van der Waals surface area contributed by atoms with Gasteiger partial charge in [0, 0.05) is 0 Å².